The maximum atomic E-state index is 12.4. The highest BCUT2D eigenvalue weighted by molar-refractivity contribution is 7.19. The van der Waals surface area contributed by atoms with Crippen molar-refractivity contribution in [2.75, 3.05) is 19.6 Å². The summed E-state index contributed by atoms with van der Waals surface area (Å²) >= 11 is 1.59. The summed E-state index contributed by atoms with van der Waals surface area (Å²) in [6.45, 7) is 8.62. The molecule has 3 atom stereocenters. The molecule has 0 spiro atoms. The molecule has 3 fully saturated rings. The molecule has 6 rings (SSSR count). The van der Waals surface area contributed by atoms with E-state index >= 15 is 0 Å². The monoisotopic (exact) mass is 461 g/mol. The fourth-order valence-electron chi connectivity index (χ4n) is 5.12. The predicted molar refractivity (Wildman–Crippen MR) is 127 cm³/mol. The number of nitrogens with zero attached hydrogens (tertiary/aromatic N) is 4. The number of thiophene rings is 1. The van der Waals surface area contributed by atoms with Crippen LogP contribution in [0.2, 0.25) is 0 Å². The van der Waals surface area contributed by atoms with Crippen LogP contribution in [-0.4, -0.2) is 57.3 Å². The minimum Gasteiger partial charge on any atom is -0.314 e. The minimum absolute atomic E-state index is 0.0140. The molecule has 1 aromatic carbocycles. The van der Waals surface area contributed by atoms with Gasteiger partial charge in [-0.1, -0.05) is 17.7 Å². The maximum absolute atomic E-state index is 12.4. The lowest BCUT2D eigenvalue weighted by Crippen LogP contribution is -2.49. The number of nitrogens with one attached hydrogen (secondary N) is 1. The number of rotatable bonds is 5. The third-order valence-electron chi connectivity index (χ3n) is 7.17. The lowest BCUT2D eigenvalue weighted by atomic mass is 10.00. The van der Waals surface area contributed by atoms with Gasteiger partial charge in [0.25, 0.3) is 0 Å². The standard InChI is InChI=1S/C25H27N5O2S/c1-14-3-4-16(11-29-6-5-26-10-15(29)2)18(7-14)22-23-21(27-13-28-22)8-17(33-23)12-30-24(31)19-9-20(19)25(30)32/h3-4,7-8,13,15,19-20,26H,5-6,9-12H2,1-2H3. The number of amides is 2. The van der Waals surface area contributed by atoms with Crippen molar-refractivity contribution in [2.45, 2.75) is 39.4 Å². The highest BCUT2D eigenvalue weighted by Crippen LogP contribution is 2.47. The second-order valence-electron chi connectivity index (χ2n) is 9.54. The Balaban J connectivity index is 1.35. The molecule has 7 nitrogen and oxygen atoms in total. The molecule has 1 N–H and O–H groups in total. The summed E-state index contributed by atoms with van der Waals surface area (Å²) in [5.74, 6) is -0.159. The number of hydrogen-bond acceptors (Lipinski definition) is 7. The molecule has 2 amide bonds. The first-order valence-corrected chi connectivity index (χ1v) is 12.4. The van der Waals surface area contributed by atoms with E-state index < -0.39 is 0 Å². The van der Waals surface area contributed by atoms with E-state index in [2.05, 4.69) is 47.2 Å². The van der Waals surface area contributed by atoms with Crippen LogP contribution < -0.4 is 5.32 Å². The Morgan fingerprint density at radius 3 is 2.73 bits per heavy atom. The van der Waals surface area contributed by atoms with Crippen LogP contribution in [0.15, 0.2) is 30.6 Å². The van der Waals surface area contributed by atoms with Gasteiger partial charge >= 0.3 is 0 Å². The van der Waals surface area contributed by atoms with Crippen LogP contribution in [0.4, 0.5) is 0 Å². The van der Waals surface area contributed by atoms with E-state index in [-0.39, 0.29) is 23.7 Å². The molecule has 33 heavy (non-hydrogen) atoms. The van der Waals surface area contributed by atoms with E-state index in [1.807, 2.05) is 6.07 Å². The Labute approximate surface area is 196 Å². The van der Waals surface area contributed by atoms with Gasteiger partial charge in [-0.25, -0.2) is 9.97 Å². The number of aryl methyl sites for hydroxylation is 1. The van der Waals surface area contributed by atoms with Crippen LogP contribution in [0.25, 0.3) is 21.5 Å². The van der Waals surface area contributed by atoms with Crippen molar-refractivity contribution in [3.8, 4) is 11.3 Å². The van der Waals surface area contributed by atoms with E-state index in [0.717, 1.165) is 59.0 Å². The Hall–Kier alpha value is -2.68. The fraction of sp³-hybridized carbons (Fsp3) is 0.440. The quantitative estimate of drug-likeness (QED) is 0.589. The first-order valence-electron chi connectivity index (χ1n) is 11.6. The van der Waals surface area contributed by atoms with Gasteiger partial charge in [-0.3, -0.25) is 19.4 Å². The Morgan fingerprint density at radius 1 is 1.12 bits per heavy atom. The van der Waals surface area contributed by atoms with Crippen LogP contribution in [-0.2, 0) is 22.7 Å². The number of imide groups is 1. The summed E-state index contributed by atoms with van der Waals surface area (Å²) < 4.78 is 1.01. The fourth-order valence-corrected chi connectivity index (χ4v) is 6.22. The van der Waals surface area contributed by atoms with E-state index in [9.17, 15) is 9.59 Å². The molecule has 2 aliphatic heterocycles. The number of benzene rings is 1. The number of piperazine rings is 1. The molecule has 3 aliphatic rings. The maximum Gasteiger partial charge on any atom is 0.233 e. The van der Waals surface area contributed by atoms with Crippen molar-refractivity contribution in [3.63, 3.8) is 0 Å². The minimum atomic E-state index is -0.0653. The molecule has 3 aromatic rings. The highest BCUT2D eigenvalue weighted by atomic mass is 32.1. The molecule has 1 saturated carbocycles. The van der Waals surface area contributed by atoms with Crippen LogP contribution in [0, 0.1) is 18.8 Å². The molecule has 1 aliphatic carbocycles. The zero-order valence-corrected chi connectivity index (χ0v) is 19.7. The third kappa shape index (κ3) is 3.66. The largest absolute Gasteiger partial charge is 0.314 e. The Morgan fingerprint density at radius 2 is 1.94 bits per heavy atom. The van der Waals surface area contributed by atoms with Gasteiger partial charge in [-0.05, 0) is 38.0 Å². The first-order chi connectivity index (χ1) is 16.0. The van der Waals surface area contributed by atoms with Crippen molar-refractivity contribution in [1.82, 2.24) is 25.1 Å². The molecular weight excluding hydrogens is 434 g/mol. The summed E-state index contributed by atoms with van der Waals surface area (Å²) in [6, 6.07) is 9.08. The molecule has 0 bridgehead atoms. The van der Waals surface area contributed by atoms with E-state index in [0.29, 0.717) is 12.6 Å². The number of carbonyl (C=O) groups is 2. The molecule has 2 saturated heterocycles. The molecular formula is C25H27N5O2S. The van der Waals surface area contributed by atoms with Crippen molar-refractivity contribution in [1.29, 1.82) is 0 Å². The summed E-state index contributed by atoms with van der Waals surface area (Å²) in [5.41, 5.74) is 5.38. The zero-order valence-electron chi connectivity index (χ0n) is 18.9. The van der Waals surface area contributed by atoms with Gasteiger partial charge in [-0.15, -0.1) is 11.3 Å². The lowest BCUT2D eigenvalue weighted by Gasteiger charge is -2.34. The van der Waals surface area contributed by atoms with Gasteiger partial charge < -0.3 is 5.32 Å². The normalized spacial score (nSPS) is 25.2. The number of likely N-dealkylation sites (tertiary alicyclic amines) is 1. The van der Waals surface area contributed by atoms with E-state index in [1.54, 1.807) is 17.7 Å². The SMILES string of the molecule is Cc1ccc(CN2CCNCC2C)c(-c2ncnc3cc(CN4C(=O)C5CC5C4=O)sc23)c1. The van der Waals surface area contributed by atoms with Crippen LogP contribution in [0.1, 0.15) is 29.3 Å². The average molecular weight is 462 g/mol. The predicted octanol–water partition coefficient (Wildman–Crippen LogP) is 2.97. The summed E-state index contributed by atoms with van der Waals surface area (Å²) in [6.07, 6.45) is 2.35. The number of piperidine rings is 1. The first kappa shape index (κ1) is 20.9. The van der Waals surface area contributed by atoms with Gasteiger partial charge in [-0.2, -0.15) is 0 Å². The van der Waals surface area contributed by atoms with Gasteiger partial charge in [0, 0.05) is 42.7 Å². The van der Waals surface area contributed by atoms with Crippen molar-refractivity contribution in [2.24, 2.45) is 11.8 Å². The Bertz CT molecular complexity index is 1250. The number of aromatic nitrogens is 2. The number of hydrogen-bond donors (Lipinski definition) is 1. The number of carbonyl (C=O) groups excluding carboxylic acids is 2. The highest BCUT2D eigenvalue weighted by Gasteiger charge is 2.58. The second-order valence-corrected chi connectivity index (χ2v) is 10.7. The van der Waals surface area contributed by atoms with Gasteiger partial charge in [0.15, 0.2) is 0 Å². The van der Waals surface area contributed by atoms with Crippen LogP contribution in [0.5, 0.6) is 0 Å². The van der Waals surface area contributed by atoms with Gasteiger partial charge in [0.2, 0.25) is 11.8 Å². The van der Waals surface area contributed by atoms with Crippen molar-refractivity contribution in [3.05, 3.63) is 46.6 Å². The van der Waals surface area contributed by atoms with Gasteiger partial charge in [0.1, 0.15) is 6.33 Å². The van der Waals surface area contributed by atoms with Gasteiger partial charge in [0.05, 0.1) is 34.3 Å². The summed E-state index contributed by atoms with van der Waals surface area (Å²) in [4.78, 5) is 39.0. The van der Waals surface area contributed by atoms with E-state index in [1.165, 1.54) is 16.0 Å². The smallest absolute Gasteiger partial charge is 0.233 e. The molecule has 8 heteroatoms. The Kier molecular flexibility index (Phi) is 5.05. The molecule has 3 unspecified atom stereocenters. The lowest BCUT2D eigenvalue weighted by molar-refractivity contribution is -0.141. The topological polar surface area (TPSA) is 78.4 Å². The molecule has 2 aromatic heterocycles. The molecule has 170 valence electrons. The number of fused-ring (bicyclic) bond motifs is 2. The van der Waals surface area contributed by atoms with Crippen molar-refractivity contribution >= 4 is 33.4 Å². The average Bonchev–Trinajstić information content (AvgIpc) is 3.44. The van der Waals surface area contributed by atoms with E-state index in [4.69, 9.17) is 4.98 Å². The van der Waals surface area contributed by atoms with Crippen LogP contribution >= 0.6 is 11.3 Å². The van der Waals surface area contributed by atoms with Crippen LogP contribution in [0.3, 0.4) is 0 Å². The van der Waals surface area contributed by atoms with Crippen molar-refractivity contribution < 1.29 is 9.59 Å². The second kappa shape index (κ2) is 7.97. The zero-order chi connectivity index (χ0) is 22.7. The summed E-state index contributed by atoms with van der Waals surface area (Å²) in [7, 11) is 0. The molecule has 0 radical (unpaired) electrons. The summed E-state index contributed by atoms with van der Waals surface area (Å²) in [5, 5.41) is 3.46. The molecule has 4 heterocycles. The third-order valence-corrected chi connectivity index (χ3v) is 8.28.